The average molecular weight is 328 g/mol. The zero-order chi connectivity index (χ0) is 17.4. The van der Waals surface area contributed by atoms with Gasteiger partial charge in [0.05, 0.1) is 19.8 Å². The number of fused-ring (bicyclic) bond motifs is 1. The summed E-state index contributed by atoms with van der Waals surface area (Å²) in [5, 5.41) is 9.94. The number of ketones is 1. The number of carbonyl (C=O) groups excluding carboxylic acids is 1. The molecule has 0 saturated heterocycles. The molecule has 1 atom stereocenters. The van der Waals surface area contributed by atoms with Crippen molar-refractivity contribution in [3.63, 3.8) is 0 Å². The number of phenols is 1. The van der Waals surface area contributed by atoms with Gasteiger partial charge in [-0.3, -0.25) is 4.79 Å². The number of halogens is 1. The lowest BCUT2D eigenvalue weighted by atomic mass is 9.97. The fraction of sp³-hybridized carbons (Fsp3) is 0.211. The van der Waals surface area contributed by atoms with Gasteiger partial charge in [-0.25, -0.2) is 4.39 Å². The van der Waals surface area contributed by atoms with Crippen LogP contribution >= 0.6 is 0 Å². The predicted molar refractivity (Wildman–Crippen MR) is 88.3 cm³/mol. The predicted octanol–water partition coefficient (Wildman–Crippen LogP) is 3.93. The van der Waals surface area contributed by atoms with E-state index in [1.807, 2.05) is 0 Å². The van der Waals surface area contributed by atoms with Gasteiger partial charge in [-0.2, -0.15) is 0 Å². The molecule has 0 bridgehead atoms. The Morgan fingerprint density at radius 2 is 1.75 bits per heavy atom. The fourth-order valence-electron chi connectivity index (χ4n) is 3.02. The lowest BCUT2D eigenvalue weighted by Gasteiger charge is -2.09. The third-order valence-electron chi connectivity index (χ3n) is 4.26. The monoisotopic (exact) mass is 328 g/mol. The highest BCUT2D eigenvalue weighted by Gasteiger charge is 2.36. The molecule has 4 nitrogen and oxygen atoms in total. The largest absolute Gasteiger partial charge is 0.507 e. The summed E-state index contributed by atoms with van der Waals surface area (Å²) < 4.78 is 24.6. The molecule has 0 saturated carbocycles. The summed E-state index contributed by atoms with van der Waals surface area (Å²) in [6.45, 7) is 1.75. The summed E-state index contributed by atoms with van der Waals surface area (Å²) in [7, 11) is 3.08. The van der Waals surface area contributed by atoms with Crippen LogP contribution in [0.15, 0.2) is 35.9 Å². The Kier molecular flexibility index (Phi) is 4.01. The van der Waals surface area contributed by atoms with Crippen molar-refractivity contribution in [2.45, 2.75) is 12.8 Å². The normalized spacial score (nSPS) is 17.9. The van der Waals surface area contributed by atoms with Gasteiger partial charge in [-0.05, 0) is 35.9 Å². The molecular weight excluding hydrogens is 311 g/mol. The maximum atomic E-state index is 14.1. The molecule has 0 radical (unpaired) electrons. The molecule has 5 heteroatoms. The van der Waals surface area contributed by atoms with E-state index in [-0.39, 0.29) is 22.7 Å². The molecular formula is C19H17FO4. The van der Waals surface area contributed by atoms with Crippen molar-refractivity contribution in [3.05, 3.63) is 58.4 Å². The summed E-state index contributed by atoms with van der Waals surface area (Å²) in [5.74, 6) is -0.324. The quantitative estimate of drug-likeness (QED) is 0.867. The van der Waals surface area contributed by atoms with Crippen LogP contribution in [-0.2, 0) is 0 Å². The van der Waals surface area contributed by atoms with E-state index in [0.717, 1.165) is 0 Å². The highest BCUT2D eigenvalue weighted by Crippen LogP contribution is 2.43. The Balaban J connectivity index is 2.12. The van der Waals surface area contributed by atoms with E-state index in [1.54, 1.807) is 31.2 Å². The average Bonchev–Trinajstić information content (AvgIpc) is 2.83. The first-order valence-corrected chi connectivity index (χ1v) is 7.47. The number of ether oxygens (including phenoxy) is 2. The Bertz CT molecular complexity index is 832. The second-order valence-electron chi connectivity index (χ2n) is 5.65. The molecule has 0 fully saturated rings. The molecule has 1 aliphatic rings. The van der Waals surface area contributed by atoms with Gasteiger partial charge < -0.3 is 14.6 Å². The molecule has 3 rings (SSSR count). The van der Waals surface area contributed by atoms with Crippen molar-refractivity contribution in [2.75, 3.05) is 14.2 Å². The molecule has 124 valence electrons. The second kappa shape index (κ2) is 6.00. The van der Waals surface area contributed by atoms with Crippen LogP contribution in [0, 0.1) is 5.82 Å². The van der Waals surface area contributed by atoms with Gasteiger partial charge in [0.1, 0.15) is 23.1 Å². The van der Waals surface area contributed by atoms with Crippen LogP contribution in [-0.4, -0.2) is 25.1 Å². The Morgan fingerprint density at radius 3 is 2.29 bits per heavy atom. The maximum absolute atomic E-state index is 14.1. The molecule has 24 heavy (non-hydrogen) atoms. The number of allylic oxidation sites excluding steroid dienone is 1. The van der Waals surface area contributed by atoms with Crippen molar-refractivity contribution in [1.82, 2.24) is 0 Å². The lowest BCUT2D eigenvalue weighted by molar-refractivity contribution is 0.103. The molecule has 2 aromatic rings. The van der Waals surface area contributed by atoms with E-state index in [0.29, 0.717) is 22.6 Å². The van der Waals surface area contributed by atoms with Gasteiger partial charge in [0, 0.05) is 23.1 Å². The highest BCUT2D eigenvalue weighted by atomic mass is 19.1. The minimum atomic E-state index is -0.490. The van der Waals surface area contributed by atoms with E-state index in [1.165, 1.54) is 26.4 Å². The summed E-state index contributed by atoms with van der Waals surface area (Å²) in [5.41, 5.74) is 1.40. The smallest absolute Gasteiger partial charge is 0.193 e. The Labute approximate surface area is 139 Å². The van der Waals surface area contributed by atoms with Crippen LogP contribution in [0.5, 0.6) is 17.2 Å². The SMILES string of the molecule is COc1cc(/C=C2/C(=O)c3c(O)ccc(F)c3[C@@H]2C)cc(OC)c1. The van der Waals surface area contributed by atoms with E-state index in [2.05, 4.69) is 0 Å². The summed E-state index contributed by atoms with van der Waals surface area (Å²) in [4.78, 5) is 12.6. The Hall–Kier alpha value is -2.82. The second-order valence-corrected chi connectivity index (χ2v) is 5.65. The van der Waals surface area contributed by atoms with E-state index in [9.17, 15) is 14.3 Å². The number of methoxy groups -OCH3 is 2. The molecule has 0 amide bonds. The van der Waals surface area contributed by atoms with E-state index < -0.39 is 11.7 Å². The van der Waals surface area contributed by atoms with Gasteiger partial charge in [0.2, 0.25) is 0 Å². The molecule has 0 heterocycles. The minimum Gasteiger partial charge on any atom is -0.507 e. The number of phenolic OH excluding ortho intramolecular Hbond substituents is 1. The molecule has 0 aliphatic heterocycles. The topological polar surface area (TPSA) is 55.8 Å². The van der Waals surface area contributed by atoms with Crippen LogP contribution in [0.4, 0.5) is 4.39 Å². The molecule has 1 aliphatic carbocycles. The van der Waals surface area contributed by atoms with Crippen molar-refractivity contribution < 1.29 is 23.8 Å². The van der Waals surface area contributed by atoms with Crippen LogP contribution in [0.2, 0.25) is 0 Å². The van der Waals surface area contributed by atoms with Gasteiger partial charge in [0.25, 0.3) is 0 Å². The third kappa shape index (κ3) is 2.52. The van der Waals surface area contributed by atoms with Gasteiger partial charge in [-0.1, -0.05) is 6.92 Å². The summed E-state index contributed by atoms with van der Waals surface area (Å²) >= 11 is 0. The van der Waals surface area contributed by atoms with Crippen LogP contribution in [0.1, 0.15) is 34.3 Å². The standard InChI is InChI=1S/C19H17FO4/c1-10-14(8-11-6-12(23-2)9-13(7-11)24-3)19(22)18-16(21)5-4-15(20)17(10)18/h4-10,21H,1-3H3/b14-8+/t10-/m1/s1. The molecule has 0 aromatic heterocycles. The zero-order valence-electron chi connectivity index (χ0n) is 13.6. The van der Waals surface area contributed by atoms with Gasteiger partial charge in [0.15, 0.2) is 5.78 Å². The maximum Gasteiger partial charge on any atom is 0.193 e. The number of rotatable bonds is 3. The molecule has 1 N–H and O–H groups in total. The van der Waals surface area contributed by atoms with Crippen LogP contribution in [0.25, 0.3) is 6.08 Å². The van der Waals surface area contributed by atoms with Crippen molar-refractivity contribution in [2.24, 2.45) is 0 Å². The Morgan fingerprint density at radius 1 is 1.12 bits per heavy atom. The van der Waals surface area contributed by atoms with Crippen molar-refractivity contribution in [3.8, 4) is 17.2 Å². The fourth-order valence-corrected chi connectivity index (χ4v) is 3.02. The molecule has 0 unspecified atom stereocenters. The third-order valence-corrected chi connectivity index (χ3v) is 4.26. The van der Waals surface area contributed by atoms with E-state index in [4.69, 9.17) is 9.47 Å². The number of aromatic hydroxyl groups is 1. The van der Waals surface area contributed by atoms with E-state index >= 15 is 0 Å². The zero-order valence-corrected chi connectivity index (χ0v) is 13.6. The molecule has 2 aromatic carbocycles. The van der Waals surface area contributed by atoms with Crippen LogP contribution in [0.3, 0.4) is 0 Å². The van der Waals surface area contributed by atoms with Crippen molar-refractivity contribution >= 4 is 11.9 Å². The molecule has 0 spiro atoms. The first-order valence-electron chi connectivity index (χ1n) is 7.47. The first kappa shape index (κ1) is 16.1. The number of hydrogen-bond acceptors (Lipinski definition) is 4. The van der Waals surface area contributed by atoms with Crippen LogP contribution < -0.4 is 9.47 Å². The first-order chi connectivity index (χ1) is 11.5. The lowest BCUT2D eigenvalue weighted by Crippen LogP contribution is -1.98. The number of benzene rings is 2. The van der Waals surface area contributed by atoms with Crippen molar-refractivity contribution in [1.29, 1.82) is 0 Å². The number of hydrogen-bond donors (Lipinski definition) is 1. The number of carbonyl (C=O) groups is 1. The summed E-state index contributed by atoms with van der Waals surface area (Å²) in [6.07, 6.45) is 1.68. The van der Waals surface area contributed by atoms with Gasteiger partial charge in [-0.15, -0.1) is 0 Å². The minimum absolute atomic E-state index is 0.0450. The summed E-state index contributed by atoms with van der Waals surface area (Å²) in [6, 6.07) is 7.62. The number of Topliss-reactive ketones (excluding diaryl/α,β-unsaturated/α-hetero) is 1. The highest BCUT2D eigenvalue weighted by molar-refractivity contribution is 6.18. The van der Waals surface area contributed by atoms with Gasteiger partial charge >= 0.3 is 0 Å².